The van der Waals surface area contributed by atoms with Crippen molar-refractivity contribution in [3.05, 3.63) is 0 Å². The van der Waals surface area contributed by atoms with E-state index in [1.807, 2.05) is 0 Å². The number of aliphatic hydroxyl groups excluding tert-OH is 2. The summed E-state index contributed by atoms with van der Waals surface area (Å²) in [4.78, 5) is 0. The lowest BCUT2D eigenvalue weighted by Gasteiger charge is -1.52. The van der Waals surface area contributed by atoms with Gasteiger partial charge >= 0.3 is 0 Å². The summed E-state index contributed by atoms with van der Waals surface area (Å²) < 4.78 is 0. The van der Waals surface area contributed by atoms with Gasteiger partial charge in [0.2, 0.25) is 0 Å². The number of hydrogen-bond donors (Lipinski definition) is 2. The lowest BCUT2D eigenvalue weighted by Crippen LogP contribution is -1.57. The maximum atomic E-state index is 7.57. The summed E-state index contributed by atoms with van der Waals surface area (Å²) in [5.41, 5.74) is 0. The Morgan fingerprint density at radius 1 is 1.25 bits per heavy atom. The fourth-order valence-electron chi connectivity index (χ4n) is 0. The van der Waals surface area contributed by atoms with Gasteiger partial charge < -0.3 is 10.2 Å². The standard InChI is InChI=1S/C2H6O.CH2Cl2.CH4O/c1-2-3;2-1-3;1-2/h3H,2H2,1H3;1H2;2H,1H3. The molecule has 0 heterocycles. The summed E-state index contributed by atoms with van der Waals surface area (Å²) in [6.45, 7) is 1.93. The first-order valence-electron chi connectivity index (χ1n) is 2.01. The Labute approximate surface area is 60.0 Å². The summed E-state index contributed by atoms with van der Waals surface area (Å²) in [6.07, 6.45) is 0. The van der Waals surface area contributed by atoms with Crippen molar-refractivity contribution >= 4 is 23.2 Å². The quantitative estimate of drug-likeness (QED) is 0.523. The Morgan fingerprint density at radius 2 is 1.25 bits per heavy atom. The molecule has 0 spiro atoms. The summed E-state index contributed by atoms with van der Waals surface area (Å²) in [6, 6.07) is 0. The molecular formula is C4H12Cl2O2. The first-order chi connectivity index (χ1) is 3.83. The fraction of sp³-hybridized carbons (Fsp3) is 1.00. The molecule has 2 nitrogen and oxygen atoms in total. The van der Waals surface area contributed by atoms with Crippen molar-refractivity contribution in [1.29, 1.82) is 0 Å². The highest BCUT2D eigenvalue weighted by Crippen LogP contribution is 1.73. The second kappa shape index (κ2) is 50.7. The van der Waals surface area contributed by atoms with E-state index in [1.54, 1.807) is 6.92 Å². The average Bonchev–Trinajstić information content (AvgIpc) is 1.75. The van der Waals surface area contributed by atoms with E-state index in [0.29, 0.717) is 0 Å². The molecule has 0 atom stereocenters. The van der Waals surface area contributed by atoms with Crippen LogP contribution in [0.15, 0.2) is 0 Å². The zero-order valence-electron chi connectivity index (χ0n) is 5.06. The summed E-state index contributed by atoms with van der Waals surface area (Å²) in [5, 5.41) is 14.8. The Balaban J connectivity index is -0.0000000483. The average molecular weight is 163 g/mol. The van der Waals surface area contributed by atoms with Crippen molar-refractivity contribution in [2.75, 3.05) is 19.1 Å². The molecule has 54 valence electrons. The molecule has 0 aliphatic carbocycles. The molecule has 0 saturated heterocycles. The lowest BCUT2D eigenvalue weighted by molar-refractivity contribution is 0.318. The molecule has 0 aliphatic heterocycles. The van der Waals surface area contributed by atoms with E-state index in [2.05, 4.69) is 0 Å². The highest BCUT2D eigenvalue weighted by atomic mass is 35.5. The van der Waals surface area contributed by atoms with Gasteiger partial charge in [0.1, 0.15) is 0 Å². The van der Waals surface area contributed by atoms with Gasteiger partial charge in [-0.3, -0.25) is 0 Å². The van der Waals surface area contributed by atoms with E-state index >= 15 is 0 Å². The van der Waals surface area contributed by atoms with Crippen LogP contribution in [0.4, 0.5) is 0 Å². The van der Waals surface area contributed by atoms with Crippen molar-refractivity contribution in [3.63, 3.8) is 0 Å². The molecular weight excluding hydrogens is 151 g/mol. The maximum Gasteiger partial charge on any atom is 0.0967 e. The van der Waals surface area contributed by atoms with E-state index in [1.165, 1.54) is 0 Å². The normalized spacial score (nSPS) is 5.25. The number of halogens is 2. The second-order valence-corrected chi connectivity index (χ2v) is 1.23. The summed E-state index contributed by atoms with van der Waals surface area (Å²) in [5.74, 6) is 0. The third kappa shape index (κ3) is 787. The number of alkyl halides is 2. The molecule has 8 heavy (non-hydrogen) atoms. The molecule has 2 N–H and O–H groups in total. The topological polar surface area (TPSA) is 40.5 Å². The van der Waals surface area contributed by atoms with E-state index in [-0.39, 0.29) is 11.9 Å². The SMILES string of the molecule is CCO.CO.ClCCl. The van der Waals surface area contributed by atoms with Gasteiger partial charge in [0.25, 0.3) is 0 Å². The van der Waals surface area contributed by atoms with Crippen LogP contribution in [0, 0.1) is 0 Å². The van der Waals surface area contributed by atoms with Crippen LogP contribution in [0.2, 0.25) is 0 Å². The zero-order valence-corrected chi connectivity index (χ0v) is 6.58. The Kier molecular flexibility index (Phi) is 100. The zero-order chi connectivity index (χ0) is 7.41. The summed E-state index contributed by atoms with van der Waals surface area (Å²) >= 11 is 9.53. The smallest absolute Gasteiger partial charge is 0.0967 e. The second-order valence-electron chi connectivity index (χ2n) is 0.417. The number of hydrogen-bond acceptors (Lipinski definition) is 2. The minimum Gasteiger partial charge on any atom is -0.400 e. The summed E-state index contributed by atoms with van der Waals surface area (Å²) in [7, 11) is 1.00. The third-order valence-electron chi connectivity index (χ3n) is 0. The molecule has 0 bridgehead atoms. The first-order valence-corrected chi connectivity index (χ1v) is 3.07. The van der Waals surface area contributed by atoms with E-state index < -0.39 is 0 Å². The van der Waals surface area contributed by atoms with E-state index in [9.17, 15) is 0 Å². The van der Waals surface area contributed by atoms with Gasteiger partial charge in [0, 0.05) is 13.7 Å². The van der Waals surface area contributed by atoms with Crippen LogP contribution >= 0.6 is 23.2 Å². The van der Waals surface area contributed by atoms with Crippen LogP contribution in [-0.2, 0) is 0 Å². The van der Waals surface area contributed by atoms with E-state index in [4.69, 9.17) is 33.4 Å². The van der Waals surface area contributed by atoms with Crippen LogP contribution < -0.4 is 0 Å². The predicted octanol–water partition coefficient (Wildman–Crippen LogP) is 1.03. The molecule has 0 fully saturated rings. The van der Waals surface area contributed by atoms with Crippen LogP contribution in [0.5, 0.6) is 0 Å². The number of rotatable bonds is 0. The molecule has 0 aromatic rings. The fourth-order valence-corrected chi connectivity index (χ4v) is 0. The highest BCUT2D eigenvalue weighted by molar-refractivity contribution is 6.40. The minimum atomic E-state index is 0.194. The molecule has 0 aliphatic rings. The monoisotopic (exact) mass is 162 g/mol. The maximum absolute atomic E-state index is 7.57. The molecule has 4 heteroatoms. The molecule has 0 unspecified atom stereocenters. The minimum absolute atomic E-state index is 0.194. The number of aliphatic hydroxyl groups is 2. The largest absolute Gasteiger partial charge is 0.400 e. The van der Waals surface area contributed by atoms with Crippen molar-refractivity contribution in [2.24, 2.45) is 0 Å². The van der Waals surface area contributed by atoms with Crippen LogP contribution in [-0.4, -0.2) is 29.3 Å². The Morgan fingerprint density at radius 3 is 1.25 bits per heavy atom. The first kappa shape index (κ1) is 15.8. The van der Waals surface area contributed by atoms with Crippen LogP contribution in [0.1, 0.15) is 6.92 Å². The molecule has 0 amide bonds. The third-order valence-corrected chi connectivity index (χ3v) is 0. The van der Waals surface area contributed by atoms with Gasteiger partial charge in [0.15, 0.2) is 0 Å². The van der Waals surface area contributed by atoms with Crippen LogP contribution in [0.25, 0.3) is 0 Å². The van der Waals surface area contributed by atoms with Crippen molar-refractivity contribution in [3.8, 4) is 0 Å². The van der Waals surface area contributed by atoms with Gasteiger partial charge in [-0.15, -0.1) is 23.2 Å². The van der Waals surface area contributed by atoms with Gasteiger partial charge in [0.05, 0.1) is 5.34 Å². The highest BCUT2D eigenvalue weighted by Gasteiger charge is 1.41. The molecule has 0 radical (unpaired) electrons. The van der Waals surface area contributed by atoms with Crippen LogP contribution in [0.3, 0.4) is 0 Å². The Bertz CT molecular complexity index is 14.0. The van der Waals surface area contributed by atoms with E-state index in [0.717, 1.165) is 7.11 Å². The lowest BCUT2D eigenvalue weighted by atomic mass is 10.9. The van der Waals surface area contributed by atoms with Gasteiger partial charge in [-0.05, 0) is 6.92 Å². The van der Waals surface area contributed by atoms with Gasteiger partial charge in [-0.2, -0.15) is 0 Å². The molecule has 0 saturated carbocycles. The molecule has 0 rings (SSSR count). The molecule has 0 aromatic carbocycles. The molecule has 0 aromatic heterocycles. The Hall–Kier alpha value is 0.500. The predicted molar refractivity (Wildman–Crippen MR) is 37.5 cm³/mol. The van der Waals surface area contributed by atoms with Crippen molar-refractivity contribution < 1.29 is 10.2 Å². The van der Waals surface area contributed by atoms with Crippen molar-refractivity contribution in [2.45, 2.75) is 6.92 Å². The van der Waals surface area contributed by atoms with Gasteiger partial charge in [-0.25, -0.2) is 0 Å². The van der Waals surface area contributed by atoms with Crippen molar-refractivity contribution in [1.82, 2.24) is 0 Å². The van der Waals surface area contributed by atoms with Gasteiger partial charge in [-0.1, -0.05) is 0 Å².